The van der Waals surface area contributed by atoms with Crippen molar-refractivity contribution in [2.75, 3.05) is 6.61 Å². The first-order chi connectivity index (χ1) is 6.41. The maximum absolute atomic E-state index is 10.9. The lowest BCUT2D eigenvalue weighted by atomic mass is 9.91. The Hall–Kier alpha value is -0.940. The molecule has 0 aromatic heterocycles. The van der Waals surface area contributed by atoms with Gasteiger partial charge in [0.25, 0.3) is 0 Å². The highest BCUT2D eigenvalue weighted by molar-refractivity contribution is 5.77. The van der Waals surface area contributed by atoms with Gasteiger partial charge in [0.1, 0.15) is 0 Å². The molecule has 14 heavy (non-hydrogen) atoms. The summed E-state index contributed by atoms with van der Waals surface area (Å²) in [6.45, 7) is 3.19. The van der Waals surface area contributed by atoms with Crippen LogP contribution in [0.2, 0.25) is 0 Å². The number of carbonyl (C=O) groups excluding carboxylic acids is 2. The second-order valence-corrected chi connectivity index (χ2v) is 3.75. The van der Waals surface area contributed by atoms with Crippen molar-refractivity contribution in [3.63, 3.8) is 0 Å². The van der Waals surface area contributed by atoms with E-state index in [9.17, 15) is 14.7 Å². The summed E-state index contributed by atoms with van der Waals surface area (Å²) in [6, 6.07) is 0. The minimum absolute atomic E-state index is 0.0356. The standard InChI is InChI=1S/C9H16O5/c1-7(5-10)3-9(2,13)4-8(12)14-6-11/h6-7,10,13H,3-5H2,1-2H3. The number of esters is 1. The predicted octanol–water partition coefficient (Wildman–Crippen LogP) is -0.154. The van der Waals surface area contributed by atoms with E-state index in [-0.39, 0.29) is 31.8 Å². The van der Waals surface area contributed by atoms with Crippen molar-refractivity contribution < 1.29 is 24.5 Å². The van der Waals surface area contributed by atoms with Crippen LogP contribution in [-0.4, -0.2) is 34.9 Å². The summed E-state index contributed by atoms with van der Waals surface area (Å²) >= 11 is 0. The van der Waals surface area contributed by atoms with Crippen LogP contribution in [0.25, 0.3) is 0 Å². The normalized spacial score (nSPS) is 16.9. The molecule has 5 nitrogen and oxygen atoms in total. The number of aliphatic hydroxyl groups excluding tert-OH is 1. The topological polar surface area (TPSA) is 83.8 Å². The van der Waals surface area contributed by atoms with E-state index < -0.39 is 11.6 Å². The van der Waals surface area contributed by atoms with Crippen LogP contribution in [0.5, 0.6) is 0 Å². The van der Waals surface area contributed by atoms with Gasteiger partial charge in [0, 0.05) is 6.61 Å². The summed E-state index contributed by atoms with van der Waals surface area (Å²) in [4.78, 5) is 20.7. The van der Waals surface area contributed by atoms with Crippen LogP contribution < -0.4 is 0 Å². The maximum Gasteiger partial charge on any atom is 0.316 e. The summed E-state index contributed by atoms with van der Waals surface area (Å²) in [6.07, 6.45) is 0.0214. The van der Waals surface area contributed by atoms with E-state index >= 15 is 0 Å². The maximum atomic E-state index is 10.9. The zero-order valence-electron chi connectivity index (χ0n) is 8.40. The molecule has 0 saturated heterocycles. The number of carbonyl (C=O) groups is 2. The third kappa shape index (κ3) is 5.66. The highest BCUT2D eigenvalue weighted by atomic mass is 16.6. The summed E-state index contributed by atoms with van der Waals surface area (Å²) < 4.78 is 4.05. The van der Waals surface area contributed by atoms with Crippen LogP contribution in [0.15, 0.2) is 0 Å². The molecule has 0 bridgehead atoms. The van der Waals surface area contributed by atoms with Gasteiger partial charge in [-0.05, 0) is 19.3 Å². The fourth-order valence-electron chi connectivity index (χ4n) is 1.29. The van der Waals surface area contributed by atoms with Crippen molar-refractivity contribution in [1.29, 1.82) is 0 Å². The molecule has 2 unspecified atom stereocenters. The van der Waals surface area contributed by atoms with Crippen molar-refractivity contribution in [1.82, 2.24) is 0 Å². The molecule has 82 valence electrons. The van der Waals surface area contributed by atoms with Gasteiger partial charge in [0.2, 0.25) is 0 Å². The minimum atomic E-state index is -1.25. The lowest BCUT2D eigenvalue weighted by Gasteiger charge is -2.24. The highest BCUT2D eigenvalue weighted by Crippen LogP contribution is 2.20. The van der Waals surface area contributed by atoms with E-state index in [2.05, 4.69) is 4.74 Å². The van der Waals surface area contributed by atoms with Crippen LogP contribution in [0.3, 0.4) is 0 Å². The third-order valence-electron chi connectivity index (χ3n) is 1.80. The van der Waals surface area contributed by atoms with Crippen LogP contribution in [0.4, 0.5) is 0 Å². The van der Waals surface area contributed by atoms with Gasteiger partial charge in [-0.3, -0.25) is 9.59 Å². The van der Waals surface area contributed by atoms with Crippen molar-refractivity contribution >= 4 is 12.4 Å². The van der Waals surface area contributed by atoms with Crippen LogP contribution >= 0.6 is 0 Å². The first-order valence-electron chi connectivity index (χ1n) is 4.37. The number of hydrogen-bond acceptors (Lipinski definition) is 5. The molecule has 0 radical (unpaired) electrons. The Bertz CT molecular complexity index is 199. The fourth-order valence-corrected chi connectivity index (χ4v) is 1.29. The van der Waals surface area contributed by atoms with Crippen LogP contribution in [0.1, 0.15) is 26.7 Å². The summed E-state index contributed by atoms with van der Waals surface area (Å²) in [7, 11) is 0. The molecule has 0 aliphatic heterocycles. The lowest BCUT2D eigenvalue weighted by molar-refractivity contribution is -0.155. The van der Waals surface area contributed by atoms with E-state index in [0.29, 0.717) is 0 Å². The van der Waals surface area contributed by atoms with Gasteiger partial charge in [-0.15, -0.1) is 0 Å². The molecule has 0 aliphatic rings. The number of rotatable bonds is 6. The van der Waals surface area contributed by atoms with Gasteiger partial charge >= 0.3 is 12.4 Å². The Morgan fingerprint density at radius 2 is 2.21 bits per heavy atom. The molecule has 5 heteroatoms. The largest absolute Gasteiger partial charge is 0.396 e. The van der Waals surface area contributed by atoms with Gasteiger partial charge in [-0.25, -0.2) is 0 Å². The zero-order valence-corrected chi connectivity index (χ0v) is 8.40. The average Bonchev–Trinajstić information content (AvgIpc) is 2.02. The Labute approximate surface area is 82.7 Å². The first-order valence-corrected chi connectivity index (χ1v) is 4.37. The van der Waals surface area contributed by atoms with Gasteiger partial charge < -0.3 is 14.9 Å². The van der Waals surface area contributed by atoms with Gasteiger partial charge in [0.15, 0.2) is 0 Å². The molecule has 2 atom stereocenters. The second-order valence-electron chi connectivity index (χ2n) is 3.75. The van der Waals surface area contributed by atoms with E-state index in [1.807, 2.05) is 0 Å². The molecule has 0 rings (SSSR count). The van der Waals surface area contributed by atoms with E-state index in [0.717, 1.165) is 0 Å². The predicted molar refractivity (Wildman–Crippen MR) is 48.3 cm³/mol. The van der Waals surface area contributed by atoms with Crippen molar-refractivity contribution in [2.24, 2.45) is 5.92 Å². The number of ether oxygens (including phenoxy) is 1. The molecule has 0 aliphatic carbocycles. The Morgan fingerprint density at radius 3 is 2.64 bits per heavy atom. The molecule has 0 spiro atoms. The summed E-state index contributed by atoms with van der Waals surface area (Å²) in [5.41, 5.74) is -1.25. The molecule has 0 aromatic carbocycles. The Morgan fingerprint density at radius 1 is 1.64 bits per heavy atom. The van der Waals surface area contributed by atoms with Crippen molar-refractivity contribution in [3.05, 3.63) is 0 Å². The molecule has 0 fully saturated rings. The molecule has 2 N–H and O–H groups in total. The SMILES string of the molecule is CC(CO)CC(C)(O)CC(=O)OC=O. The molecule has 0 amide bonds. The lowest BCUT2D eigenvalue weighted by Crippen LogP contribution is -2.31. The Kier molecular flexibility index (Phi) is 5.34. The van der Waals surface area contributed by atoms with Crippen molar-refractivity contribution in [2.45, 2.75) is 32.3 Å². The number of aliphatic hydroxyl groups is 2. The highest BCUT2D eigenvalue weighted by Gasteiger charge is 2.27. The monoisotopic (exact) mass is 204 g/mol. The first kappa shape index (κ1) is 13.1. The zero-order chi connectivity index (χ0) is 11.2. The Balaban J connectivity index is 4.05. The van der Waals surface area contributed by atoms with Crippen LogP contribution in [0, 0.1) is 5.92 Å². The smallest absolute Gasteiger partial charge is 0.316 e. The van der Waals surface area contributed by atoms with E-state index in [4.69, 9.17) is 5.11 Å². The van der Waals surface area contributed by atoms with E-state index in [1.54, 1.807) is 6.92 Å². The average molecular weight is 204 g/mol. The molecular formula is C9H16O5. The fraction of sp³-hybridized carbons (Fsp3) is 0.778. The van der Waals surface area contributed by atoms with Gasteiger partial charge in [-0.2, -0.15) is 0 Å². The molecule has 0 aromatic rings. The molecule has 0 heterocycles. The quantitative estimate of drug-likeness (QED) is 0.357. The van der Waals surface area contributed by atoms with E-state index in [1.165, 1.54) is 6.92 Å². The summed E-state index contributed by atoms with van der Waals surface area (Å²) in [5, 5.41) is 18.4. The molecule has 0 saturated carbocycles. The van der Waals surface area contributed by atoms with Gasteiger partial charge in [0.05, 0.1) is 12.0 Å². The summed E-state index contributed by atoms with van der Waals surface area (Å²) in [5.74, 6) is -0.871. The van der Waals surface area contributed by atoms with Crippen molar-refractivity contribution in [3.8, 4) is 0 Å². The van der Waals surface area contributed by atoms with Gasteiger partial charge in [-0.1, -0.05) is 6.92 Å². The number of hydrogen-bond donors (Lipinski definition) is 2. The van der Waals surface area contributed by atoms with Crippen LogP contribution in [-0.2, 0) is 14.3 Å². The second kappa shape index (κ2) is 5.72. The minimum Gasteiger partial charge on any atom is -0.396 e. The third-order valence-corrected chi connectivity index (χ3v) is 1.80. The molecular weight excluding hydrogens is 188 g/mol.